The number of piperidine rings is 1. The summed E-state index contributed by atoms with van der Waals surface area (Å²) in [6.07, 6.45) is 8.64. The van der Waals surface area contributed by atoms with E-state index in [2.05, 4.69) is 40.2 Å². The monoisotopic (exact) mass is 400 g/mol. The normalized spacial score (nSPS) is 15.4. The molecule has 1 saturated heterocycles. The Hall–Kier alpha value is -3.11. The molecule has 1 fully saturated rings. The van der Waals surface area contributed by atoms with Crippen molar-refractivity contribution < 1.29 is 9.47 Å². The Bertz CT molecular complexity index is 964. The summed E-state index contributed by atoms with van der Waals surface area (Å²) in [4.78, 5) is 6.79. The molecule has 4 rings (SSSR count). The molecule has 0 bridgehead atoms. The van der Waals surface area contributed by atoms with Gasteiger partial charge in [0.05, 0.1) is 7.11 Å². The second-order valence-corrected chi connectivity index (χ2v) is 7.60. The highest BCUT2D eigenvalue weighted by atomic mass is 16.5. The number of likely N-dealkylation sites (tertiary alicyclic amines) is 1. The minimum Gasteiger partial charge on any atom is -0.481 e. The van der Waals surface area contributed by atoms with Gasteiger partial charge in [-0.05, 0) is 56.1 Å². The summed E-state index contributed by atoms with van der Waals surface area (Å²) < 4.78 is 11.5. The minimum absolute atomic E-state index is 0.585. The quantitative estimate of drug-likeness (QED) is 0.501. The zero-order valence-electron chi connectivity index (χ0n) is 17.4. The molecular formula is C26H28N2O2. The number of hydrogen-bond donors (Lipinski definition) is 0. The first-order valence-corrected chi connectivity index (χ1v) is 10.5. The van der Waals surface area contributed by atoms with Crippen LogP contribution in [0, 0.1) is 5.92 Å². The number of rotatable bonds is 7. The number of hydrogen-bond acceptors (Lipinski definition) is 4. The van der Waals surface area contributed by atoms with E-state index in [1.807, 2.05) is 48.5 Å². The molecule has 2 heterocycles. The lowest BCUT2D eigenvalue weighted by atomic mass is 9.95. The lowest BCUT2D eigenvalue weighted by Crippen LogP contribution is -2.32. The van der Waals surface area contributed by atoms with E-state index >= 15 is 0 Å². The Labute approximate surface area is 178 Å². The molecule has 1 aliphatic rings. The van der Waals surface area contributed by atoms with Gasteiger partial charge in [-0.25, -0.2) is 4.98 Å². The van der Waals surface area contributed by atoms with Crippen molar-refractivity contribution in [2.24, 2.45) is 5.92 Å². The molecule has 4 nitrogen and oxygen atoms in total. The maximum Gasteiger partial charge on any atom is 0.217 e. The van der Waals surface area contributed by atoms with Crippen molar-refractivity contribution in [3.05, 3.63) is 90.1 Å². The summed E-state index contributed by atoms with van der Waals surface area (Å²) in [5.74, 6) is 3.06. The summed E-state index contributed by atoms with van der Waals surface area (Å²) in [6, 6.07) is 22.2. The van der Waals surface area contributed by atoms with Crippen LogP contribution in [-0.4, -0.2) is 30.1 Å². The number of benzene rings is 2. The average Bonchev–Trinajstić information content (AvgIpc) is 2.80. The molecule has 0 amide bonds. The maximum absolute atomic E-state index is 6.08. The van der Waals surface area contributed by atoms with Gasteiger partial charge in [-0.3, -0.25) is 4.90 Å². The van der Waals surface area contributed by atoms with Gasteiger partial charge in [0.2, 0.25) is 5.88 Å². The van der Waals surface area contributed by atoms with Gasteiger partial charge in [0.25, 0.3) is 0 Å². The largest absolute Gasteiger partial charge is 0.481 e. The van der Waals surface area contributed by atoms with E-state index in [0.717, 1.165) is 61.0 Å². The third kappa shape index (κ3) is 5.28. The molecule has 4 heteroatoms. The van der Waals surface area contributed by atoms with Crippen LogP contribution in [0.3, 0.4) is 0 Å². The van der Waals surface area contributed by atoms with Crippen molar-refractivity contribution in [1.82, 2.24) is 9.88 Å². The number of methoxy groups -OCH3 is 1. The van der Waals surface area contributed by atoms with Gasteiger partial charge in [-0.15, -0.1) is 0 Å². The molecule has 0 atom stereocenters. The van der Waals surface area contributed by atoms with Crippen LogP contribution in [0.1, 0.15) is 24.0 Å². The molecule has 1 aromatic heterocycles. The molecule has 2 aromatic carbocycles. The highest BCUT2D eigenvalue weighted by molar-refractivity contribution is 5.58. The molecule has 30 heavy (non-hydrogen) atoms. The summed E-state index contributed by atoms with van der Waals surface area (Å²) in [5, 5.41) is 0. The van der Waals surface area contributed by atoms with Gasteiger partial charge in [0, 0.05) is 23.9 Å². The highest BCUT2D eigenvalue weighted by Gasteiger charge is 2.18. The summed E-state index contributed by atoms with van der Waals surface area (Å²) >= 11 is 0. The van der Waals surface area contributed by atoms with Crippen LogP contribution in [0.5, 0.6) is 17.4 Å². The van der Waals surface area contributed by atoms with E-state index < -0.39 is 0 Å². The zero-order chi connectivity index (χ0) is 20.6. The first-order chi connectivity index (χ1) is 14.8. The van der Waals surface area contributed by atoms with Gasteiger partial charge in [-0.1, -0.05) is 54.6 Å². The van der Waals surface area contributed by atoms with Crippen molar-refractivity contribution in [3.8, 4) is 17.4 Å². The smallest absolute Gasteiger partial charge is 0.217 e. The SMILES string of the molecule is COc1ncccc1CN1CCC(C=Cc2ccccc2Oc2ccccc2)CC1. The van der Waals surface area contributed by atoms with Crippen LogP contribution < -0.4 is 9.47 Å². The topological polar surface area (TPSA) is 34.6 Å². The number of ether oxygens (including phenoxy) is 2. The molecule has 0 saturated carbocycles. The molecule has 0 radical (unpaired) electrons. The van der Waals surface area contributed by atoms with Crippen molar-refractivity contribution in [1.29, 1.82) is 0 Å². The lowest BCUT2D eigenvalue weighted by Gasteiger charge is -2.30. The van der Waals surface area contributed by atoms with Gasteiger partial charge in [-0.2, -0.15) is 0 Å². The number of aromatic nitrogens is 1. The molecule has 0 aliphatic carbocycles. The summed E-state index contributed by atoms with van der Waals surface area (Å²) in [7, 11) is 1.68. The fourth-order valence-electron chi connectivity index (χ4n) is 3.84. The van der Waals surface area contributed by atoms with E-state index in [0.29, 0.717) is 5.92 Å². The number of nitrogens with zero attached hydrogens (tertiary/aromatic N) is 2. The second-order valence-electron chi connectivity index (χ2n) is 7.60. The average molecular weight is 401 g/mol. The van der Waals surface area contributed by atoms with Crippen molar-refractivity contribution in [2.75, 3.05) is 20.2 Å². The first-order valence-electron chi connectivity index (χ1n) is 10.5. The number of pyridine rings is 1. The third-order valence-corrected chi connectivity index (χ3v) is 5.51. The van der Waals surface area contributed by atoms with E-state index in [-0.39, 0.29) is 0 Å². The fraction of sp³-hybridized carbons (Fsp3) is 0.269. The predicted molar refractivity (Wildman–Crippen MR) is 121 cm³/mol. The van der Waals surface area contributed by atoms with Gasteiger partial charge in [0.1, 0.15) is 11.5 Å². The van der Waals surface area contributed by atoms with E-state index in [4.69, 9.17) is 9.47 Å². The third-order valence-electron chi connectivity index (χ3n) is 5.51. The molecule has 0 spiro atoms. The van der Waals surface area contributed by atoms with Gasteiger partial charge in [0.15, 0.2) is 0 Å². The van der Waals surface area contributed by atoms with Crippen molar-refractivity contribution in [3.63, 3.8) is 0 Å². The summed E-state index contributed by atoms with van der Waals surface area (Å²) in [5.41, 5.74) is 2.27. The maximum atomic E-state index is 6.08. The first kappa shape index (κ1) is 20.2. The van der Waals surface area contributed by atoms with Crippen LogP contribution in [-0.2, 0) is 6.54 Å². The second kappa shape index (κ2) is 10.1. The van der Waals surface area contributed by atoms with Crippen molar-refractivity contribution >= 4 is 6.08 Å². The van der Waals surface area contributed by atoms with Crippen LogP contribution in [0.15, 0.2) is 79.0 Å². The van der Waals surface area contributed by atoms with E-state index in [1.54, 1.807) is 13.3 Å². The fourth-order valence-corrected chi connectivity index (χ4v) is 3.84. The molecule has 154 valence electrons. The standard InChI is InChI=1S/C26H28N2O2/c1-29-26-23(9-7-17-27-26)20-28-18-15-21(16-19-28)13-14-22-8-5-6-12-25(22)30-24-10-3-2-4-11-24/h2-14,17,21H,15-16,18-20H2,1H3. The van der Waals surface area contributed by atoms with Crippen LogP contribution in [0.2, 0.25) is 0 Å². The van der Waals surface area contributed by atoms with Crippen LogP contribution in [0.4, 0.5) is 0 Å². The zero-order valence-corrected chi connectivity index (χ0v) is 17.4. The Morgan fingerprint density at radius 2 is 1.73 bits per heavy atom. The lowest BCUT2D eigenvalue weighted by molar-refractivity contribution is 0.193. The Kier molecular flexibility index (Phi) is 6.78. The number of allylic oxidation sites excluding steroid dienone is 1. The molecule has 3 aromatic rings. The van der Waals surface area contributed by atoms with E-state index in [1.165, 1.54) is 0 Å². The number of para-hydroxylation sites is 2. The Balaban J connectivity index is 1.34. The molecule has 0 unspecified atom stereocenters. The van der Waals surface area contributed by atoms with Crippen LogP contribution in [0.25, 0.3) is 6.08 Å². The predicted octanol–water partition coefficient (Wildman–Crippen LogP) is 5.81. The van der Waals surface area contributed by atoms with E-state index in [9.17, 15) is 0 Å². The highest BCUT2D eigenvalue weighted by Crippen LogP contribution is 2.28. The summed E-state index contributed by atoms with van der Waals surface area (Å²) in [6.45, 7) is 3.05. The van der Waals surface area contributed by atoms with Gasteiger partial charge >= 0.3 is 0 Å². The molecule has 1 aliphatic heterocycles. The van der Waals surface area contributed by atoms with Crippen LogP contribution >= 0.6 is 0 Å². The van der Waals surface area contributed by atoms with Gasteiger partial charge < -0.3 is 9.47 Å². The Morgan fingerprint density at radius 1 is 0.967 bits per heavy atom. The van der Waals surface area contributed by atoms with Crippen molar-refractivity contribution in [2.45, 2.75) is 19.4 Å². The molecule has 0 N–H and O–H groups in total. The minimum atomic E-state index is 0.585. The molecular weight excluding hydrogens is 372 g/mol. The Morgan fingerprint density at radius 3 is 2.53 bits per heavy atom.